The molecular weight excluding hydrogens is 216 g/mol. The highest BCUT2D eigenvalue weighted by atomic mass is 16.6. The molecule has 0 aliphatic heterocycles. The molecule has 4 nitrogen and oxygen atoms in total. The molecule has 0 amide bonds. The minimum absolute atomic E-state index is 0.167. The summed E-state index contributed by atoms with van der Waals surface area (Å²) in [6.07, 6.45) is 0.881. The zero-order chi connectivity index (χ0) is 13.0. The summed E-state index contributed by atoms with van der Waals surface area (Å²) in [6.45, 7) is 6.08. The first kappa shape index (κ1) is 13.6. The van der Waals surface area contributed by atoms with Gasteiger partial charge >= 0.3 is 0 Å². The maximum absolute atomic E-state index is 11.0. The molecular formula is C13H20N2O2. The number of nitrogens with zero attached hydrogens (tertiary/aromatic N) is 1. The number of hydrogen-bond acceptors (Lipinski definition) is 3. The van der Waals surface area contributed by atoms with Gasteiger partial charge in [0.1, 0.15) is 0 Å². The zero-order valence-corrected chi connectivity index (χ0v) is 10.9. The van der Waals surface area contributed by atoms with Crippen LogP contribution in [0.4, 0.5) is 5.69 Å². The Hall–Kier alpha value is -1.42. The standard InChI is InChI=1S/C13H20N2O2/c1-5-11(10(3)14-4)12-8-9(2)6-7-13(12)15(16)17/h6-8,10-11,14H,5H2,1-4H3. The fourth-order valence-electron chi connectivity index (χ4n) is 2.18. The summed E-state index contributed by atoms with van der Waals surface area (Å²) in [6, 6.07) is 5.55. The van der Waals surface area contributed by atoms with Crippen molar-refractivity contribution in [1.29, 1.82) is 0 Å². The summed E-state index contributed by atoms with van der Waals surface area (Å²) in [5.74, 6) is 0.167. The number of rotatable bonds is 5. The smallest absolute Gasteiger partial charge is 0.272 e. The third-order valence-corrected chi connectivity index (χ3v) is 3.28. The molecule has 0 radical (unpaired) electrons. The Labute approximate surface area is 102 Å². The predicted octanol–water partition coefficient (Wildman–Crippen LogP) is 3.00. The number of likely N-dealkylation sites (N-methyl/N-ethyl adjacent to an activating group) is 1. The van der Waals surface area contributed by atoms with Crippen molar-refractivity contribution in [2.75, 3.05) is 7.05 Å². The van der Waals surface area contributed by atoms with Crippen LogP contribution in [0.5, 0.6) is 0 Å². The Morgan fingerprint density at radius 3 is 2.59 bits per heavy atom. The molecule has 17 heavy (non-hydrogen) atoms. The average molecular weight is 236 g/mol. The molecule has 0 fully saturated rings. The van der Waals surface area contributed by atoms with Gasteiger partial charge in [0, 0.05) is 23.6 Å². The lowest BCUT2D eigenvalue weighted by atomic mass is 9.88. The summed E-state index contributed by atoms with van der Waals surface area (Å²) < 4.78 is 0. The maximum Gasteiger partial charge on any atom is 0.272 e. The van der Waals surface area contributed by atoms with Crippen LogP contribution < -0.4 is 5.32 Å². The highest BCUT2D eigenvalue weighted by Crippen LogP contribution is 2.32. The van der Waals surface area contributed by atoms with E-state index in [0.717, 1.165) is 17.5 Å². The summed E-state index contributed by atoms with van der Waals surface area (Å²) in [4.78, 5) is 10.8. The lowest BCUT2D eigenvalue weighted by Crippen LogP contribution is -2.29. The number of benzene rings is 1. The second-order valence-electron chi connectivity index (χ2n) is 4.41. The molecule has 1 aromatic carbocycles. The van der Waals surface area contributed by atoms with E-state index in [1.165, 1.54) is 0 Å². The van der Waals surface area contributed by atoms with Gasteiger partial charge in [-0.05, 0) is 33.4 Å². The van der Waals surface area contributed by atoms with Crippen LogP contribution in [-0.4, -0.2) is 18.0 Å². The highest BCUT2D eigenvalue weighted by molar-refractivity contribution is 5.45. The Morgan fingerprint density at radius 1 is 1.47 bits per heavy atom. The van der Waals surface area contributed by atoms with Crippen molar-refractivity contribution in [3.8, 4) is 0 Å². The molecule has 0 saturated carbocycles. The minimum atomic E-state index is -0.292. The third-order valence-electron chi connectivity index (χ3n) is 3.28. The number of aryl methyl sites for hydroxylation is 1. The molecule has 2 unspecified atom stereocenters. The van der Waals surface area contributed by atoms with E-state index in [1.54, 1.807) is 12.1 Å². The van der Waals surface area contributed by atoms with Crippen LogP contribution in [0.25, 0.3) is 0 Å². The van der Waals surface area contributed by atoms with E-state index < -0.39 is 0 Å². The molecule has 1 aromatic rings. The summed E-state index contributed by atoms with van der Waals surface area (Å²) >= 11 is 0. The van der Waals surface area contributed by atoms with E-state index in [4.69, 9.17) is 0 Å². The van der Waals surface area contributed by atoms with E-state index >= 15 is 0 Å². The normalized spacial score (nSPS) is 14.4. The second-order valence-corrected chi connectivity index (χ2v) is 4.41. The van der Waals surface area contributed by atoms with Gasteiger partial charge in [0.05, 0.1) is 4.92 Å². The lowest BCUT2D eigenvalue weighted by Gasteiger charge is -2.22. The van der Waals surface area contributed by atoms with Crippen molar-refractivity contribution in [3.63, 3.8) is 0 Å². The van der Waals surface area contributed by atoms with Gasteiger partial charge in [0.2, 0.25) is 0 Å². The Balaban J connectivity index is 3.25. The van der Waals surface area contributed by atoms with E-state index in [2.05, 4.69) is 19.2 Å². The van der Waals surface area contributed by atoms with Gasteiger partial charge in [0.15, 0.2) is 0 Å². The Bertz CT molecular complexity index is 404. The van der Waals surface area contributed by atoms with Gasteiger partial charge in [-0.2, -0.15) is 0 Å². The van der Waals surface area contributed by atoms with E-state index in [1.807, 2.05) is 20.0 Å². The molecule has 0 bridgehead atoms. The zero-order valence-electron chi connectivity index (χ0n) is 10.9. The van der Waals surface area contributed by atoms with E-state index in [0.29, 0.717) is 0 Å². The first-order valence-electron chi connectivity index (χ1n) is 5.93. The molecule has 0 saturated heterocycles. The van der Waals surface area contributed by atoms with E-state index in [-0.39, 0.29) is 22.6 Å². The van der Waals surface area contributed by atoms with Crippen molar-refractivity contribution in [1.82, 2.24) is 5.32 Å². The largest absolute Gasteiger partial charge is 0.317 e. The summed E-state index contributed by atoms with van der Waals surface area (Å²) in [5.41, 5.74) is 2.12. The first-order valence-corrected chi connectivity index (χ1v) is 5.93. The quantitative estimate of drug-likeness (QED) is 0.631. The number of hydrogen-bond donors (Lipinski definition) is 1. The third kappa shape index (κ3) is 3.03. The van der Waals surface area contributed by atoms with Gasteiger partial charge in [-0.1, -0.05) is 18.6 Å². The molecule has 1 N–H and O–H groups in total. The molecule has 0 aliphatic rings. The molecule has 4 heteroatoms. The predicted molar refractivity (Wildman–Crippen MR) is 69.4 cm³/mol. The van der Waals surface area contributed by atoms with Crippen molar-refractivity contribution >= 4 is 5.69 Å². The van der Waals surface area contributed by atoms with E-state index in [9.17, 15) is 10.1 Å². The molecule has 94 valence electrons. The van der Waals surface area contributed by atoms with Crippen molar-refractivity contribution < 1.29 is 4.92 Å². The number of nitro benzene ring substituents is 1. The molecule has 0 aliphatic carbocycles. The van der Waals surface area contributed by atoms with Crippen LogP contribution in [-0.2, 0) is 0 Å². The van der Waals surface area contributed by atoms with Crippen molar-refractivity contribution in [3.05, 3.63) is 39.4 Å². The summed E-state index contributed by atoms with van der Waals surface area (Å²) in [7, 11) is 1.88. The van der Waals surface area contributed by atoms with Gasteiger partial charge in [-0.25, -0.2) is 0 Å². The second kappa shape index (κ2) is 5.77. The maximum atomic E-state index is 11.0. The van der Waals surface area contributed by atoms with Crippen LogP contribution in [0.2, 0.25) is 0 Å². The fraction of sp³-hybridized carbons (Fsp3) is 0.538. The monoisotopic (exact) mass is 236 g/mol. The van der Waals surface area contributed by atoms with Crippen LogP contribution in [0, 0.1) is 17.0 Å². The molecule has 0 spiro atoms. The number of nitrogens with one attached hydrogen (secondary N) is 1. The topological polar surface area (TPSA) is 55.2 Å². The highest BCUT2D eigenvalue weighted by Gasteiger charge is 2.24. The molecule has 0 aromatic heterocycles. The summed E-state index contributed by atoms with van der Waals surface area (Å²) in [5, 5.41) is 14.2. The fourth-order valence-corrected chi connectivity index (χ4v) is 2.18. The number of nitro groups is 1. The van der Waals surface area contributed by atoms with Gasteiger partial charge in [0.25, 0.3) is 5.69 Å². The Kier molecular flexibility index (Phi) is 4.63. The van der Waals surface area contributed by atoms with Gasteiger partial charge < -0.3 is 5.32 Å². The molecule has 0 heterocycles. The van der Waals surface area contributed by atoms with Crippen molar-refractivity contribution in [2.45, 2.75) is 39.2 Å². The minimum Gasteiger partial charge on any atom is -0.317 e. The van der Waals surface area contributed by atoms with Crippen LogP contribution in [0.15, 0.2) is 18.2 Å². The van der Waals surface area contributed by atoms with Gasteiger partial charge in [-0.3, -0.25) is 10.1 Å². The van der Waals surface area contributed by atoms with Crippen molar-refractivity contribution in [2.24, 2.45) is 0 Å². The first-order chi connectivity index (χ1) is 8.01. The Morgan fingerprint density at radius 2 is 2.12 bits per heavy atom. The SMILES string of the molecule is CCC(c1cc(C)ccc1[N+](=O)[O-])C(C)NC. The average Bonchev–Trinajstić information content (AvgIpc) is 2.29. The molecule has 2 atom stereocenters. The van der Waals surface area contributed by atoms with Gasteiger partial charge in [-0.15, -0.1) is 0 Å². The van der Waals surface area contributed by atoms with Crippen LogP contribution in [0.1, 0.15) is 37.3 Å². The molecule has 1 rings (SSSR count). The van der Waals surface area contributed by atoms with Crippen LogP contribution >= 0.6 is 0 Å². The lowest BCUT2D eigenvalue weighted by molar-refractivity contribution is -0.385. The van der Waals surface area contributed by atoms with Crippen LogP contribution in [0.3, 0.4) is 0 Å².